The van der Waals surface area contributed by atoms with Crippen molar-refractivity contribution in [3.63, 3.8) is 0 Å². The highest BCUT2D eigenvalue weighted by Gasteiger charge is 2.29. The van der Waals surface area contributed by atoms with Crippen LogP contribution >= 0.6 is 0 Å². The van der Waals surface area contributed by atoms with Crippen LogP contribution in [-0.4, -0.2) is 44.5 Å². The Kier molecular flexibility index (Phi) is 8.55. The Morgan fingerprint density at radius 1 is 0.907 bits per heavy atom. The minimum Gasteiger partial charge on any atom is -0.322 e. The molecule has 1 aliphatic rings. The van der Waals surface area contributed by atoms with Gasteiger partial charge in [-0.3, -0.25) is 33.7 Å². The van der Waals surface area contributed by atoms with Crippen LogP contribution in [0.1, 0.15) is 22.7 Å². The van der Waals surface area contributed by atoms with Gasteiger partial charge in [0.05, 0.1) is 24.6 Å². The number of halogens is 2. The molecule has 0 saturated carbocycles. The van der Waals surface area contributed by atoms with E-state index in [2.05, 4.69) is 0 Å². The number of piperazine rings is 1. The molecule has 3 aromatic carbocycles. The molecule has 1 amide bonds. The number of carbonyl (C=O) groups excluding carboxylic acids is 1. The van der Waals surface area contributed by atoms with Crippen LogP contribution in [0.4, 0.5) is 20.2 Å². The van der Waals surface area contributed by atoms with E-state index in [1.54, 1.807) is 47.4 Å². The highest BCUT2D eigenvalue weighted by molar-refractivity contribution is 5.95. The van der Waals surface area contributed by atoms with E-state index in [4.69, 9.17) is 5.73 Å². The van der Waals surface area contributed by atoms with Crippen molar-refractivity contribution >= 4 is 17.3 Å². The molecule has 1 unspecified atom stereocenters. The molecule has 0 bridgehead atoms. The predicted molar refractivity (Wildman–Crippen MR) is 155 cm³/mol. The van der Waals surface area contributed by atoms with Crippen molar-refractivity contribution in [2.45, 2.75) is 25.7 Å². The summed E-state index contributed by atoms with van der Waals surface area (Å²) in [6, 6.07) is 17.5. The molecule has 222 valence electrons. The number of nitro groups is 1. The van der Waals surface area contributed by atoms with Gasteiger partial charge < -0.3 is 10.6 Å². The Morgan fingerprint density at radius 3 is 2.28 bits per heavy atom. The normalized spacial score (nSPS) is 14.6. The SMILES string of the molecule is NC(Cn1c(=O)c(N2CCN(Cc3cccc([N+](=O)[O-])c3)CC2=O)cn(Cc2c(F)cccc2F)c1=O)c1ccccc1. The Bertz CT molecular complexity index is 1770. The van der Waals surface area contributed by atoms with Crippen LogP contribution in [0.2, 0.25) is 0 Å². The molecule has 1 fully saturated rings. The minimum atomic E-state index is -0.863. The number of aromatic nitrogens is 2. The summed E-state index contributed by atoms with van der Waals surface area (Å²) in [6.45, 7) is -0.211. The largest absolute Gasteiger partial charge is 0.331 e. The summed E-state index contributed by atoms with van der Waals surface area (Å²) in [6.07, 6.45) is 1.15. The fourth-order valence-electron chi connectivity index (χ4n) is 5.09. The number of hydrogen-bond acceptors (Lipinski definition) is 7. The number of nitrogens with two attached hydrogens (primary N) is 1. The fourth-order valence-corrected chi connectivity index (χ4v) is 5.09. The molecule has 1 aromatic heterocycles. The lowest BCUT2D eigenvalue weighted by molar-refractivity contribution is -0.384. The quantitative estimate of drug-likeness (QED) is 0.234. The van der Waals surface area contributed by atoms with Crippen LogP contribution in [0.5, 0.6) is 0 Å². The third kappa shape index (κ3) is 6.42. The Labute approximate surface area is 244 Å². The zero-order valence-corrected chi connectivity index (χ0v) is 22.9. The number of non-ortho nitro benzene ring substituents is 1. The number of nitro benzene ring substituents is 1. The lowest BCUT2D eigenvalue weighted by Crippen LogP contribution is -2.53. The van der Waals surface area contributed by atoms with Crippen LogP contribution < -0.4 is 21.9 Å². The van der Waals surface area contributed by atoms with Gasteiger partial charge >= 0.3 is 5.69 Å². The molecule has 13 heteroatoms. The van der Waals surface area contributed by atoms with Gasteiger partial charge in [0.15, 0.2) is 0 Å². The van der Waals surface area contributed by atoms with Crippen molar-refractivity contribution in [1.82, 2.24) is 14.0 Å². The average molecular weight is 591 g/mol. The topological polar surface area (TPSA) is 137 Å². The zero-order valence-electron chi connectivity index (χ0n) is 22.9. The van der Waals surface area contributed by atoms with E-state index >= 15 is 0 Å². The lowest BCUT2D eigenvalue weighted by atomic mass is 10.1. The van der Waals surface area contributed by atoms with Crippen LogP contribution in [0.25, 0.3) is 0 Å². The molecule has 2 heterocycles. The molecule has 1 saturated heterocycles. The van der Waals surface area contributed by atoms with Crippen LogP contribution in [0.15, 0.2) is 88.6 Å². The molecule has 1 atom stereocenters. The monoisotopic (exact) mass is 590 g/mol. The van der Waals surface area contributed by atoms with Crippen molar-refractivity contribution < 1.29 is 18.5 Å². The van der Waals surface area contributed by atoms with Gasteiger partial charge in [0.1, 0.15) is 17.3 Å². The molecular formula is C30H28F2N6O5. The Balaban J connectivity index is 1.47. The number of nitrogens with zero attached hydrogens (tertiary/aromatic N) is 5. The Hall–Kier alpha value is -5.01. The third-order valence-electron chi connectivity index (χ3n) is 7.33. The summed E-state index contributed by atoms with van der Waals surface area (Å²) in [5.41, 5.74) is 5.48. The van der Waals surface area contributed by atoms with Gasteiger partial charge in [0.2, 0.25) is 5.91 Å². The van der Waals surface area contributed by atoms with Gasteiger partial charge in [0.25, 0.3) is 11.2 Å². The third-order valence-corrected chi connectivity index (χ3v) is 7.33. The standard InChI is InChI=1S/C30H28F2N6O5/c31-24-10-5-11-25(32)23(24)16-35-18-27(29(40)37(30(35)41)17-26(33)21-7-2-1-3-8-21)36-13-12-34(19-28(36)39)15-20-6-4-9-22(14-20)38(42)43/h1-11,14,18,26H,12-13,15-17,19,33H2. The summed E-state index contributed by atoms with van der Waals surface area (Å²) < 4.78 is 31.0. The number of hydrogen-bond donors (Lipinski definition) is 1. The zero-order chi connectivity index (χ0) is 30.7. The molecule has 0 radical (unpaired) electrons. The van der Waals surface area contributed by atoms with Crippen LogP contribution in [0, 0.1) is 21.7 Å². The number of benzene rings is 3. The number of anilines is 1. The van der Waals surface area contributed by atoms with Gasteiger partial charge in [-0.05, 0) is 23.3 Å². The van der Waals surface area contributed by atoms with Crippen LogP contribution in [-0.2, 0) is 24.4 Å². The molecule has 43 heavy (non-hydrogen) atoms. The van der Waals surface area contributed by atoms with Crippen molar-refractivity contribution in [1.29, 1.82) is 0 Å². The molecule has 5 rings (SSSR count). The van der Waals surface area contributed by atoms with E-state index in [9.17, 15) is 33.3 Å². The summed E-state index contributed by atoms with van der Waals surface area (Å²) in [5, 5.41) is 11.1. The maximum absolute atomic E-state index is 14.5. The van der Waals surface area contributed by atoms with Crippen molar-refractivity contribution in [2.24, 2.45) is 5.73 Å². The van der Waals surface area contributed by atoms with Crippen molar-refractivity contribution in [3.05, 3.63) is 138 Å². The van der Waals surface area contributed by atoms with E-state index < -0.39 is 46.3 Å². The van der Waals surface area contributed by atoms with Gasteiger partial charge in [-0.1, -0.05) is 48.5 Å². The van der Waals surface area contributed by atoms with Crippen molar-refractivity contribution in [3.8, 4) is 0 Å². The highest BCUT2D eigenvalue weighted by Crippen LogP contribution is 2.19. The molecule has 0 aliphatic carbocycles. The number of carbonyl (C=O) groups is 1. The Morgan fingerprint density at radius 2 is 1.60 bits per heavy atom. The van der Waals surface area contributed by atoms with E-state index in [-0.39, 0.29) is 43.1 Å². The second-order valence-corrected chi connectivity index (χ2v) is 10.2. The fraction of sp³-hybridized carbons (Fsp3) is 0.233. The second kappa shape index (κ2) is 12.5. The molecule has 0 spiro atoms. The van der Waals surface area contributed by atoms with Crippen LogP contribution in [0.3, 0.4) is 0 Å². The van der Waals surface area contributed by atoms with Gasteiger partial charge in [0, 0.05) is 49.6 Å². The lowest BCUT2D eigenvalue weighted by Gasteiger charge is -2.34. The summed E-state index contributed by atoms with van der Waals surface area (Å²) in [7, 11) is 0. The summed E-state index contributed by atoms with van der Waals surface area (Å²) >= 11 is 0. The first-order chi connectivity index (χ1) is 20.6. The molecule has 1 aliphatic heterocycles. The predicted octanol–water partition coefficient (Wildman–Crippen LogP) is 2.79. The van der Waals surface area contributed by atoms with E-state index in [1.165, 1.54) is 23.1 Å². The van der Waals surface area contributed by atoms with Gasteiger partial charge in [-0.15, -0.1) is 0 Å². The molecule has 2 N–H and O–H groups in total. The number of amides is 1. The van der Waals surface area contributed by atoms with E-state index in [1.807, 2.05) is 0 Å². The van der Waals surface area contributed by atoms with E-state index in [0.717, 1.165) is 27.5 Å². The first-order valence-corrected chi connectivity index (χ1v) is 13.5. The molecule has 4 aromatic rings. The first-order valence-electron chi connectivity index (χ1n) is 13.5. The maximum Gasteiger partial charge on any atom is 0.331 e. The first kappa shape index (κ1) is 29.5. The van der Waals surface area contributed by atoms with Gasteiger partial charge in [-0.25, -0.2) is 13.6 Å². The highest BCUT2D eigenvalue weighted by atomic mass is 19.1. The average Bonchev–Trinajstić information content (AvgIpc) is 2.99. The second-order valence-electron chi connectivity index (χ2n) is 10.2. The summed E-state index contributed by atoms with van der Waals surface area (Å²) in [5.74, 6) is -2.17. The molecular weight excluding hydrogens is 562 g/mol. The van der Waals surface area contributed by atoms with Gasteiger partial charge in [-0.2, -0.15) is 0 Å². The smallest absolute Gasteiger partial charge is 0.322 e. The van der Waals surface area contributed by atoms with Crippen molar-refractivity contribution in [2.75, 3.05) is 24.5 Å². The molecule has 11 nitrogen and oxygen atoms in total. The van der Waals surface area contributed by atoms with E-state index in [0.29, 0.717) is 17.7 Å². The minimum absolute atomic E-state index is 0.0646. The maximum atomic E-state index is 14.5. The summed E-state index contributed by atoms with van der Waals surface area (Å²) in [4.78, 5) is 54.2. The number of rotatable bonds is 9.